The lowest BCUT2D eigenvalue weighted by Crippen LogP contribution is -2.11. The standard InChI is InChI=1S/C9H11N2O3P/c1-2-14-9(12)15(13)8-5-6(10)3-4-7(8)11/h3-5H,2H2,1H3,(H3-,10,11,12,13)/p+1. The van der Waals surface area contributed by atoms with Crippen molar-refractivity contribution >= 4 is 30.2 Å². The molecule has 0 saturated heterocycles. The Balaban J connectivity index is 3.00. The van der Waals surface area contributed by atoms with E-state index < -0.39 is 13.5 Å². The van der Waals surface area contributed by atoms with Gasteiger partial charge in [-0.25, -0.2) is 0 Å². The van der Waals surface area contributed by atoms with Crippen LogP contribution in [0.4, 0.5) is 16.2 Å². The summed E-state index contributed by atoms with van der Waals surface area (Å²) in [6.45, 7) is 1.83. The van der Waals surface area contributed by atoms with Gasteiger partial charge in [-0.05, 0) is 19.1 Å². The van der Waals surface area contributed by atoms with E-state index in [4.69, 9.17) is 11.5 Å². The first-order valence-corrected chi connectivity index (χ1v) is 5.61. The van der Waals surface area contributed by atoms with Gasteiger partial charge >= 0.3 is 13.5 Å². The number of nitrogens with two attached hydrogens (primary N) is 2. The van der Waals surface area contributed by atoms with Crippen molar-refractivity contribution < 1.29 is 14.1 Å². The first-order valence-electron chi connectivity index (χ1n) is 4.35. The Bertz CT molecular complexity index is 406. The zero-order valence-electron chi connectivity index (χ0n) is 8.27. The highest BCUT2D eigenvalue weighted by Crippen LogP contribution is 2.27. The Hall–Kier alpha value is -1.61. The number of carbonyl (C=O) groups is 1. The fourth-order valence-electron chi connectivity index (χ4n) is 1.02. The Morgan fingerprint density at radius 2 is 2.13 bits per heavy atom. The number of rotatable bonds is 3. The van der Waals surface area contributed by atoms with Crippen LogP contribution in [-0.4, -0.2) is 12.3 Å². The lowest BCUT2D eigenvalue weighted by atomic mass is 10.3. The Labute approximate surface area is 88.2 Å². The van der Waals surface area contributed by atoms with Crippen LogP contribution >= 0.6 is 7.80 Å². The molecule has 0 fully saturated rings. The Kier molecular flexibility index (Phi) is 3.63. The van der Waals surface area contributed by atoms with Crippen LogP contribution in [0.5, 0.6) is 0 Å². The molecule has 0 spiro atoms. The molecule has 0 amide bonds. The summed E-state index contributed by atoms with van der Waals surface area (Å²) in [6.07, 6.45) is 0. The maximum Gasteiger partial charge on any atom is 0.561 e. The van der Waals surface area contributed by atoms with Crippen molar-refractivity contribution in [2.75, 3.05) is 18.1 Å². The van der Waals surface area contributed by atoms with Crippen LogP contribution in [0.25, 0.3) is 0 Å². The van der Waals surface area contributed by atoms with E-state index in [9.17, 15) is 9.36 Å². The molecule has 1 unspecified atom stereocenters. The predicted octanol–water partition coefficient (Wildman–Crippen LogP) is 1.46. The lowest BCUT2D eigenvalue weighted by Gasteiger charge is -1.96. The number of anilines is 2. The van der Waals surface area contributed by atoms with E-state index in [1.54, 1.807) is 13.0 Å². The summed E-state index contributed by atoms with van der Waals surface area (Å²) in [6, 6.07) is 4.51. The molecule has 0 aliphatic heterocycles. The van der Waals surface area contributed by atoms with Crippen LogP contribution in [0.2, 0.25) is 0 Å². The van der Waals surface area contributed by atoms with Gasteiger partial charge in [0.05, 0.1) is 12.3 Å². The Morgan fingerprint density at radius 3 is 2.73 bits per heavy atom. The summed E-state index contributed by atoms with van der Waals surface area (Å²) >= 11 is 0. The fourth-order valence-corrected chi connectivity index (χ4v) is 2.04. The summed E-state index contributed by atoms with van der Waals surface area (Å²) in [5, 5.41) is 0.225. The quantitative estimate of drug-likeness (QED) is 0.602. The van der Waals surface area contributed by atoms with E-state index in [0.717, 1.165) is 0 Å². The summed E-state index contributed by atoms with van der Waals surface area (Å²) < 4.78 is 16.3. The molecule has 1 aromatic carbocycles. The van der Waals surface area contributed by atoms with Crippen LogP contribution in [0.3, 0.4) is 0 Å². The number of hydrogen-bond donors (Lipinski definition) is 2. The SMILES string of the molecule is CCOC(=O)[P+](=O)c1cc(N)ccc1N. The number of benzene rings is 1. The van der Waals surface area contributed by atoms with Gasteiger partial charge in [0.15, 0.2) is 0 Å². The van der Waals surface area contributed by atoms with Crippen molar-refractivity contribution in [3.63, 3.8) is 0 Å². The van der Waals surface area contributed by atoms with Gasteiger partial charge in [-0.1, -0.05) is 4.57 Å². The summed E-state index contributed by atoms with van der Waals surface area (Å²) in [4.78, 5) is 11.2. The van der Waals surface area contributed by atoms with Crippen molar-refractivity contribution in [1.29, 1.82) is 0 Å². The average molecular weight is 227 g/mol. The predicted molar refractivity (Wildman–Crippen MR) is 59.5 cm³/mol. The van der Waals surface area contributed by atoms with Gasteiger partial charge in [0.2, 0.25) is 5.30 Å². The largest absolute Gasteiger partial charge is 0.561 e. The molecule has 0 aromatic heterocycles. The third-order valence-electron chi connectivity index (χ3n) is 1.71. The topological polar surface area (TPSA) is 95.4 Å². The van der Waals surface area contributed by atoms with Crippen molar-refractivity contribution in [1.82, 2.24) is 0 Å². The second-order valence-corrected chi connectivity index (χ2v) is 4.25. The third kappa shape index (κ3) is 2.67. The molecule has 4 N–H and O–H groups in total. The van der Waals surface area contributed by atoms with Crippen LogP contribution in [0.1, 0.15) is 6.92 Å². The second kappa shape index (κ2) is 4.75. The van der Waals surface area contributed by atoms with Gasteiger partial charge in [0.25, 0.3) is 0 Å². The molecule has 0 bridgehead atoms. The highest BCUT2D eigenvalue weighted by atomic mass is 31.1. The summed E-state index contributed by atoms with van der Waals surface area (Å²) in [7, 11) is -2.30. The molecule has 80 valence electrons. The number of hydrogen-bond acceptors (Lipinski definition) is 5. The van der Waals surface area contributed by atoms with Gasteiger partial charge in [-0.2, -0.15) is 4.79 Å². The average Bonchev–Trinajstić information content (AvgIpc) is 2.21. The molecule has 0 heterocycles. The highest BCUT2D eigenvalue weighted by molar-refractivity contribution is 7.70. The van der Waals surface area contributed by atoms with Crippen molar-refractivity contribution in [3.8, 4) is 0 Å². The maximum absolute atomic E-state index is 11.6. The molecule has 5 nitrogen and oxygen atoms in total. The second-order valence-electron chi connectivity index (χ2n) is 2.81. The lowest BCUT2D eigenvalue weighted by molar-refractivity contribution is 0.179. The van der Waals surface area contributed by atoms with Gasteiger partial charge in [-0.3, -0.25) is 0 Å². The molecular weight excluding hydrogens is 215 g/mol. The monoisotopic (exact) mass is 227 g/mol. The molecule has 15 heavy (non-hydrogen) atoms. The minimum atomic E-state index is -2.30. The molecule has 0 radical (unpaired) electrons. The summed E-state index contributed by atoms with van der Waals surface area (Å²) in [5.41, 5.74) is 11.0. The van der Waals surface area contributed by atoms with E-state index in [0.29, 0.717) is 5.69 Å². The third-order valence-corrected chi connectivity index (χ3v) is 2.99. The number of nitrogen functional groups attached to an aromatic ring is 2. The first kappa shape index (κ1) is 11.5. The molecule has 1 aromatic rings. The van der Waals surface area contributed by atoms with Gasteiger partial charge < -0.3 is 16.2 Å². The molecule has 1 atom stereocenters. The highest BCUT2D eigenvalue weighted by Gasteiger charge is 2.35. The van der Waals surface area contributed by atoms with Crippen LogP contribution in [0, 0.1) is 0 Å². The first-order chi connectivity index (χ1) is 7.06. The molecule has 6 heteroatoms. The zero-order chi connectivity index (χ0) is 11.4. The molecule has 1 rings (SSSR count). The minimum absolute atomic E-state index is 0.183. The van der Waals surface area contributed by atoms with Crippen molar-refractivity contribution in [3.05, 3.63) is 18.2 Å². The van der Waals surface area contributed by atoms with E-state index in [1.807, 2.05) is 0 Å². The van der Waals surface area contributed by atoms with Gasteiger partial charge in [-0.15, -0.1) is 0 Å². The van der Waals surface area contributed by atoms with Gasteiger partial charge in [0.1, 0.15) is 0 Å². The smallest absolute Gasteiger partial charge is 0.428 e. The minimum Gasteiger partial charge on any atom is -0.428 e. The normalized spacial score (nSPS) is 10.9. The van der Waals surface area contributed by atoms with Crippen molar-refractivity contribution in [2.45, 2.75) is 6.92 Å². The molecular formula is C9H12N2O3P+. The molecule has 0 aliphatic carbocycles. The van der Waals surface area contributed by atoms with E-state index >= 15 is 0 Å². The van der Waals surface area contributed by atoms with E-state index in [-0.39, 0.29) is 17.6 Å². The molecule has 0 saturated carbocycles. The number of carbonyl (C=O) groups excluding carboxylic acids is 1. The molecule has 0 aliphatic rings. The number of ether oxygens (including phenoxy) is 1. The Morgan fingerprint density at radius 1 is 1.47 bits per heavy atom. The van der Waals surface area contributed by atoms with E-state index in [1.165, 1.54) is 12.1 Å². The zero-order valence-corrected chi connectivity index (χ0v) is 9.16. The van der Waals surface area contributed by atoms with Crippen molar-refractivity contribution in [2.24, 2.45) is 0 Å². The van der Waals surface area contributed by atoms with Crippen LogP contribution in [-0.2, 0) is 9.30 Å². The maximum atomic E-state index is 11.6. The van der Waals surface area contributed by atoms with Gasteiger partial charge in [0, 0.05) is 11.8 Å². The van der Waals surface area contributed by atoms with Crippen LogP contribution in [0.15, 0.2) is 18.2 Å². The summed E-state index contributed by atoms with van der Waals surface area (Å²) in [5.74, 6) is 0. The fraction of sp³-hybridized carbons (Fsp3) is 0.222. The van der Waals surface area contributed by atoms with Crippen LogP contribution < -0.4 is 16.8 Å². The van der Waals surface area contributed by atoms with E-state index in [2.05, 4.69) is 4.74 Å².